The van der Waals surface area contributed by atoms with Crippen molar-refractivity contribution in [1.29, 1.82) is 0 Å². The van der Waals surface area contributed by atoms with Crippen molar-refractivity contribution in [2.75, 3.05) is 33.5 Å². The van der Waals surface area contributed by atoms with E-state index in [0.29, 0.717) is 19.8 Å². The zero-order valence-electron chi connectivity index (χ0n) is 9.71. The normalized spacial score (nSPS) is 22.8. The summed E-state index contributed by atoms with van der Waals surface area (Å²) >= 11 is 5.95. The molecular formula is C11H20ClNO3. The van der Waals surface area contributed by atoms with Gasteiger partial charge in [-0.2, -0.15) is 0 Å². The molecule has 16 heavy (non-hydrogen) atoms. The second-order valence-electron chi connectivity index (χ2n) is 4.05. The smallest absolute Gasteiger partial charge is 0.225 e. The molecule has 1 amide bonds. The number of rotatable bonds is 6. The van der Waals surface area contributed by atoms with Gasteiger partial charge in [0.25, 0.3) is 0 Å². The van der Waals surface area contributed by atoms with Crippen molar-refractivity contribution in [3.8, 4) is 0 Å². The highest BCUT2D eigenvalue weighted by atomic mass is 35.5. The number of nitrogens with one attached hydrogen (secondary N) is 1. The van der Waals surface area contributed by atoms with Crippen LogP contribution < -0.4 is 5.32 Å². The van der Waals surface area contributed by atoms with Gasteiger partial charge >= 0.3 is 0 Å². The monoisotopic (exact) mass is 249 g/mol. The van der Waals surface area contributed by atoms with Gasteiger partial charge in [-0.1, -0.05) is 0 Å². The number of ether oxygens (including phenoxy) is 2. The van der Waals surface area contributed by atoms with Crippen LogP contribution in [0.4, 0.5) is 0 Å². The van der Waals surface area contributed by atoms with E-state index >= 15 is 0 Å². The van der Waals surface area contributed by atoms with Crippen LogP contribution in [-0.4, -0.2) is 44.8 Å². The number of hydrogen-bond acceptors (Lipinski definition) is 3. The van der Waals surface area contributed by atoms with Gasteiger partial charge in [0.1, 0.15) is 0 Å². The molecule has 4 nitrogen and oxygen atoms in total. The van der Waals surface area contributed by atoms with Crippen LogP contribution in [0.1, 0.15) is 19.3 Å². The fourth-order valence-electron chi connectivity index (χ4n) is 1.71. The molecule has 0 saturated carbocycles. The summed E-state index contributed by atoms with van der Waals surface area (Å²) in [6.07, 6.45) is 2.63. The van der Waals surface area contributed by atoms with E-state index in [-0.39, 0.29) is 17.2 Å². The summed E-state index contributed by atoms with van der Waals surface area (Å²) in [5.74, 6) is 0.103. The molecule has 1 rings (SSSR count). The summed E-state index contributed by atoms with van der Waals surface area (Å²) in [6.45, 7) is 2.45. The Morgan fingerprint density at radius 1 is 1.69 bits per heavy atom. The van der Waals surface area contributed by atoms with Crippen LogP contribution in [0.3, 0.4) is 0 Å². The molecule has 1 N–H and O–H groups in total. The molecule has 94 valence electrons. The number of alkyl halides is 1. The Morgan fingerprint density at radius 2 is 2.50 bits per heavy atom. The van der Waals surface area contributed by atoms with E-state index in [1.165, 1.54) is 0 Å². The number of hydrogen-bond donors (Lipinski definition) is 1. The lowest BCUT2D eigenvalue weighted by molar-refractivity contribution is -0.128. The maximum Gasteiger partial charge on any atom is 0.225 e. The lowest BCUT2D eigenvalue weighted by Crippen LogP contribution is -2.36. The molecule has 0 aromatic carbocycles. The highest BCUT2D eigenvalue weighted by molar-refractivity contribution is 6.20. The molecule has 1 saturated heterocycles. The molecule has 1 fully saturated rings. The number of amides is 1. The quantitative estimate of drug-likeness (QED) is 0.719. The van der Waals surface area contributed by atoms with Gasteiger partial charge in [-0.05, 0) is 19.3 Å². The predicted molar refractivity (Wildman–Crippen MR) is 62.7 cm³/mol. The first kappa shape index (κ1) is 13.7. The Hall–Kier alpha value is -0.320. The minimum absolute atomic E-state index is 0.0185. The molecule has 5 heteroatoms. The van der Waals surface area contributed by atoms with E-state index in [2.05, 4.69) is 5.32 Å². The van der Waals surface area contributed by atoms with Gasteiger partial charge in [0.05, 0.1) is 24.5 Å². The van der Waals surface area contributed by atoms with E-state index in [9.17, 15) is 4.79 Å². The summed E-state index contributed by atoms with van der Waals surface area (Å²) in [7, 11) is 1.62. The number of methoxy groups -OCH3 is 1. The standard InChI is InChI=1S/C11H20ClNO3/c1-15-8-10(12)4-5-13-11(14)9-3-2-6-16-7-9/h9-10H,2-8H2,1H3,(H,13,14). The fourth-order valence-corrected chi connectivity index (χ4v) is 1.94. The third-order valence-corrected chi connectivity index (χ3v) is 2.98. The Bertz CT molecular complexity index is 207. The van der Waals surface area contributed by atoms with Crippen LogP contribution in [0.2, 0.25) is 0 Å². The Morgan fingerprint density at radius 3 is 3.12 bits per heavy atom. The number of carbonyl (C=O) groups excluding carboxylic acids is 1. The van der Waals surface area contributed by atoms with E-state index in [1.807, 2.05) is 0 Å². The first-order valence-corrected chi connectivity index (χ1v) is 6.16. The van der Waals surface area contributed by atoms with Gasteiger partial charge in [-0.3, -0.25) is 4.79 Å². The number of carbonyl (C=O) groups is 1. The molecule has 1 aliphatic heterocycles. The molecule has 2 unspecified atom stereocenters. The fraction of sp³-hybridized carbons (Fsp3) is 0.909. The lowest BCUT2D eigenvalue weighted by atomic mass is 10.0. The first-order chi connectivity index (χ1) is 7.74. The summed E-state index contributed by atoms with van der Waals surface area (Å²) in [5.41, 5.74) is 0. The van der Waals surface area contributed by atoms with Crippen molar-refractivity contribution in [3.05, 3.63) is 0 Å². The third kappa shape index (κ3) is 5.14. The van der Waals surface area contributed by atoms with Crippen LogP contribution in [-0.2, 0) is 14.3 Å². The van der Waals surface area contributed by atoms with E-state index in [1.54, 1.807) is 7.11 Å². The molecular weight excluding hydrogens is 230 g/mol. The van der Waals surface area contributed by atoms with Crippen molar-refractivity contribution in [2.24, 2.45) is 5.92 Å². The third-order valence-electron chi connectivity index (χ3n) is 2.64. The summed E-state index contributed by atoms with van der Waals surface area (Å²) < 4.78 is 10.2. The largest absolute Gasteiger partial charge is 0.383 e. The first-order valence-electron chi connectivity index (χ1n) is 5.72. The SMILES string of the molecule is COCC(Cl)CCNC(=O)C1CCCOC1. The minimum atomic E-state index is -0.0343. The molecule has 0 aromatic heterocycles. The van der Waals surface area contributed by atoms with Crippen molar-refractivity contribution >= 4 is 17.5 Å². The van der Waals surface area contributed by atoms with Crippen LogP contribution >= 0.6 is 11.6 Å². The van der Waals surface area contributed by atoms with Gasteiger partial charge in [0, 0.05) is 20.3 Å². The average Bonchev–Trinajstić information content (AvgIpc) is 2.30. The molecule has 0 bridgehead atoms. The summed E-state index contributed by atoms with van der Waals surface area (Å²) in [5, 5.41) is 2.85. The van der Waals surface area contributed by atoms with Crippen LogP contribution in [0.5, 0.6) is 0 Å². The highest BCUT2D eigenvalue weighted by Crippen LogP contribution is 2.13. The van der Waals surface area contributed by atoms with E-state index < -0.39 is 0 Å². The van der Waals surface area contributed by atoms with Crippen molar-refractivity contribution in [1.82, 2.24) is 5.32 Å². The predicted octanol–water partition coefficient (Wildman–Crippen LogP) is 1.17. The van der Waals surface area contributed by atoms with E-state index in [4.69, 9.17) is 21.1 Å². The van der Waals surface area contributed by atoms with Crippen molar-refractivity contribution in [3.63, 3.8) is 0 Å². The second kappa shape index (κ2) is 7.87. The average molecular weight is 250 g/mol. The van der Waals surface area contributed by atoms with Crippen LogP contribution in [0.25, 0.3) is 0 Å². The maximum atomic E-state index is 11.7. The highest BCUT2D eigenvalue weighted by Gasteiger charge is 2.21. The van der Waals surface area contributed by atoms with Crippen LogP contribution in [0, 0.1) is 5.92 Å². The van der Waals surface area contributed by atoms with Gasteiger partial charge in [-0.25, -0.2) is 0 Å². The molecule has 1 heterocycles. The zero-order chi connectivity index (χ0) is 11.8. The van der Waals surface area contributed by atoms with Gasteiger partial charge in [0.2, 0.25) is 5.91 Å². The summed E-state index contributed by atoms with van der Waals surface area (Å²) in [6, 6.07) is 0. The van der Waals surface area contributed by atoms with Gasteiger partial charge < -0.3 is 14.8 Å². The molecule has 0 aromatic rings. The Balaban J connectivity index is 2.09. The molecule has 2 atom stereocenters. The van der Waals surface area contributed by atoms with Crippen molar-refractivity contribution in [2.45, 2.75) is 24.6 Å². The van der Waals surface area contributed by atoms with Crippen molar-refractivity contribution < 1.29 is 14.3 Å². The molecule has 0 aliphatic carbocycles. The van der Waals surface area contributed by atoms with Gasteiger partial charge in [0.15, 0.2) is 0 Å². The lowest BCUT2D eigenvalue weighted by Gasteiger charge is -2.21. The zero-order valence-corrected chi connectivity index (χ0v) is 10.5. The molecule has 0 radical (unpaired) electrons. The Labute approximate surface area is 102 Å². The second-order valence-corrected chi connectivity index (χ2v) is 4.66. The van der Waals surface area contributed by atoms with Gasteiger partial charge in [-0.15, -0.1) is 11.6 Å². The minimum Gasteiger partial charge on any atom is -0.383 e. The molecule has 0 spiro atoms. The Kier molecular flexibility index (Phi) is 6.76. The van der Waals surface area contributed by atoms with E-state index in [0.717, 1.165) is 25.9 Å². The molecule has 1 aliphatic rings. The van der Waals surface area contributed by atoms with Crippen LogP contribution in [0.15, 0.2) is 0 Å². The topological polar surface area (TPSA) is 47.6 Å². The summed E-state index contributed by atoms with van der Waals surface area (Å²) in [4.78, 5) is 11.7. The maximum absolute atomic E-state index is 11.7. The number of halogens is 1.